The molecule has 0 unspecified atom stereocenters. The maximum atomic E-state index is 8.57. The van der Waals surface area contributed by atoms with E-state index in [-0.39, 0.29) is 12.4 Å². The van der Waals surface area contributed by atoms with Crippen LogP contribution in [0, 0.1) is 0 Å². The lowest BCUT2D eigenvalue weighted by molar-refractivity contribution is -0.0652. The quantitative estimate of drug-likeness (QED) is 0.398. The van der Waals surface area contributed by atoms with Gasteiger partial charge in [0.05, 0.1) is 0 Å². The first-order valence-corrected chi connectivity index (χ1v) is 3.27. The van der Waals surface area contributed by atoms with E-state index in [1.807, 2.05) is 0 Å². The van der Waals surface area contributed by atoms with Crippen LogP contribution in [0.15, 0.2) is 0 Å². The predicted molar refractivity (Wildman–Crippen MR) is 41.6 cm³/mol. The van der Waals surface area contributed by atoms with Crippen LogP contribution in [0.1, 0.15) is 12.8 Å². The van der Waals surface area contributed by atoms with Gasteiger partial charge >= 0.3 is 0 Å². The third-order valence-electron chi connectivity index (χ3n) is 0.865. The van der Waals surface area contributed by atoms with E-state index in [0.717, 1.165) is 12.8 Å². The summed E-state index contributed by atoms with van der Waals surface area (Å²) in [6.07, 6.45) is 1.95. The van der Waals surface area contributed by atoms with Gasteiger partial charge in [0.15, 0.2) is 0 Å². The van der Waals surface area contributed by atoms with Gasteiger partial charge < -0.3 is 5.21 Å². The monoisotopic (exact) mass is 173 g/mol. The van der Waals surface area contributed by atoms with Crippen LogP contribution in [0.5, 0.6) is 0 Å². The summed E-state index contributed by atoms with van der Waals surface area (Å²) in [5, 5.41) is 9.74. The zero-order valence-corrected chi connectivity index (χ0v) is 7.08. The lowest BCUT2D eigenvalue weighted by Crippen LogP contribution is -2.13. The summed E-state index contributed by atoms with van der Waals surface area (Å²) >= 11 is 5.38. The largest absolute Gasteiger partial charge is 0.314 e. The maximum Gasteiger partial charge on any atom is 0.0235 e. The highest BCUT2D eigenvalue weighted by Crippen LogP contribution is 1.91. The second-order valence-corrected chi connectivity index (χ2v) is 2.16. The fourth-order valence-electron chi connectivity index (χ4n) is 0.435. The molecule has 58 valence electrons. The van der Waals surface area contributed by atoms with Crippen molar-refractivity contribution >= 4 is 24.0 Å². The van der Waals surface area contributed by atoms with Gasteiger partial charge in [-0.25, -0.2) is 0 Å². The number of nitrogens with zero attached hydrogens (tertiary/aromatic N) is 1. The topological polar surface area (TPSA) is 23.5 Å². The van der Waals surface area contributed by atoms with E-state index in [2.05, 4.69) is 0 Å². The van der Waals surface area contributed by atoms with Gasteiger partial charge in [-0.15, -0.1) is 24.0 Å². The van der Waals surface area contributed by atoms with Crippen molar-refractivity contribution in [2.24, 2.45) is 0 Å². The Bertz CT molecular complexity index is 52.2. The van der Waals surface area contributed by atoms with Gasteiger partial charge in [0.1, 0.15) is 0 Å². The molecule has 0 saturated heterocycles. The summed E-state index contributed by atoms with van der Waals surface area (Å²) in [7, 11) is 1.63. The Balaban J connectivity index is 0. The lowest BCUT2D eigenvalue weighted by Gasteiger charge is -2.04. The van der Waals surface area contributed by atoms with Gasteiger partial charge in [0.2, 0.25) is 0 Å². The molecule has 0 aromatic carbocycles. The summed E-state index contributed by atoms with van der Waals surface area (Å²) in [4.78, 5) is 0. The van der Waals surface area contributed by atoms with Crippen LogP contribution in [-0.2, 0) is 0 Å². The summed E-state index contributed by atoms with van der Waals surface area (Å²) in [5.41, 5.74) is 0. The van der Waals surface area contributed by atoms with Crippen molar-refractivity contribution in [1.29, 1.82) is 0 Å². The third-order valence-corrected chi connectivity index (χ3v) is 1.13. The first-order valence-electron chi connectivity index (χ1n) is 2.73. The smallest absolute Gasteiger partial charge is 0.0235 e. The van der Waals surface area contributed by atoms with E-state index in [1.165, 1.54) is 5.06 Å². The number of unbranched alkanes of at least 4 members (excludes halogenated alkanes) is 1. The number of hydroxylamine groups is 2. The molecule has 0 aliphatic heterocycles. The molecule has 9 heavy (non-hydrogen) atoms. The maximum absolute atomic E-state index is 8.57. The molecule has 0 aliphatic rings. The summed E-state index contributed by atoms with van der Waals surface area (Å²) in [5.74, 6) is 0.688. The molecule has 0 aromatic rings. The van der Waals surface area contributed by atoms with E-state index in [0.29, 0.717) is 12.4 Å². The van der Waals surface area contributed by atoms with Crippen LogP contribution in [-0.4, -0.2) is 29.7 Å². The lowest BCUT2D eigenvalue weighted by atomic mass is 10.3. The van der Waals surface area contributed by atoms with Crippen LogP contribution >= 0.6 is 24.0 Å². The number of alkyl halides is 1. The van der Waals surface area contributed by atoms with Crippen LogP contribution in [0.2, 0.25) is 0 Å². The second-order valence-electron chi connectivity index (χ2n) is 1.78. The fraction of sp³-hybridized carbons (Fsp3) is 1.00. The minimum atomic E-state index is 0. The Labute approximate surface area is 67.2 Å². The minimum Gasteiger partial charge on any atom is -0.314 e. The number of halogens is 2. The summed E-state index contributed by atoms with van der Waals surface area (Å²) < 4.78 is 0. The van der Waals surface area contributed by atoms with E-state index in [9.17, 15) is 0 Å². The fourth-order valence-corrected chi connectivity index (χ4v) is 0.624. The highest BCUT2D eigenvalue weighted by molar-refractivity contribution is 6.17. The minimum absolute atomic E-state index is 0. The number of hydrogen-bond acceptors (Lipinski definition) is 2. The molecule has 0 amide bonds. The summed E-state index contributed by atoms with van der Waals surface area (Å²) in [6.45, 7) is 0.715. The van der Waals surface area contributed by atoms with Crippen molar-refractivity contribution in [2.45, 2.75) is 12.8 Å². The van der Waals surface area contributed by atoms with E-state index in [1.54, 1.807) is 7.05 Å². The second kappa shape index (κ2) is 8.50. The van der Waals surface area contributed by atoms with Crippen LogP contribution < -0.4 is 0 Å². The van der Waals surface area contributed by atoms with Crippen LogP contribution in [0.3, 0.4) is 0 Å². The molecule has 0 bridgehead atoms. The van der Waals surface area contributed by atoms with E-state index < -0.39 is 0 Å². The van der Waals surface area contributed by atoms with Gasteiger partial charge in [-0.05, 0) is 12.8 Å². The molecule has 0 saturated carbocycles. The molecular formula is C5H13Cl2NO. The molecule has 2 nitrogen and oxygen atoms in total. The number of hydrogen-bond donors (Lipinski definition) is 1. The Kier molecular flexibility index (Phi) is 11.5. The first-order chi connectivity index (χ1) is 3.77. The third kappa shape index (κ3) is 11.9. The molecular weight excluding hydrogens is 161 g/mol. The van der Waals surface area contributed by atoms with Crippen molar-refractivity contribution in [3.63, 3.8) is 0 Å². The molecule has 0 heterocycles. The zero-order chi connectivity index (χ0) is 6.41. The van der Waals surface area contributed by atoms with Crippen molar-refractivity contribution in [1.82, 2.24) is 5.06 Å². The van der Waals surface area contributed by atoms with Crippen molar-refractivity contribution in [3.05, 3.63) is 0 Å². The molecule has 0 aromatic heterocycles. The van der Waals surface area contributed by atoms with E-state index in [4.69, 9.17) is 16.8 Å². The molecule has 0 aliphatic carbocycles. The Morgan fingerprint density at radius 3 is 2.33 bits per heavy atom. The zero-order valence-electron chi connectivity index (χ0n) is 5.51. The molecule has 4 heteroatoms. The van der Waals surface area contributed by atoms with Gasteiger partial charge in [-0.3, -0.25) is 0 Å². The normalized spacial score (nSPS) is 9.33. The van der Waals surface area contributed by atoms with Gasteiger partial charge in [0.25, 0.3) is 0 Å². The Morgan fingerprint density at radius 2 is 2.00 bits per heavy atom. The predicted octanol–water partition coefficient (Wildman–Crippen LogP) is 1.75. The number of rotatable bonds is 4. The van der Waals surface area contributed by atoms with Crippen LogP contribution in [0.25, 0.3) is 0 Å². The van der Waals surface area contributed by atoms with Crippen molar-refractivity contribution in [2.75, 3.05) is 19.5 Å². The molecule has 0 atom stereocenters. The van der Waals surface area contributed by atoms with Gasteiger partial charge in [-0.2, -0.15) is 5.06 Å². The standard InChI is InChI=1S/C5H12ClNO.ClH/c1-7(8)5-3-2-4-6;/h8H,2-5H2,1H3;1H. The highest BCUT2D eigenvalue weighted by atomic mass is 35.5. The average molecular weight is 174 g/mol. The summed E-state index contributed by atoms with van der Waals surface area (Å²) in [6, 6.07) is 0. The molecule has 0 radical (unpaired) electrons. The highest BCUT2D eigenvalue weighted by Gasteiger charge is 1.88. The van der Waals surface area contributed by atoms with E-state index >= 15 is 0 Å². The van der Waals surface area contributed by atoms with Crippen LogP contribution in [0.4, 0.5) is 0 Å². The van der Waals surface area contributed by atoms with Gasteiger partial charge in [0, 0.05) is 19.5 Å². The first kappa shape index (κ1) is 12.2. The van der Waals surface area contributed by atoms with Crippen molar-refractivity contribution < 1.29 is 5.21 Å². The molecule has 0 fully saturated rings. The Hall–Kier alpha value is 0.500. The molecule has 1 N–H and O–H groups in total. The molecule has 0 spiro atoms. The Morgan fingerprint density at radius 1 is 1.44 bits per heavy atom. The SMILES string of the molecule is CN(O)CCCCCl.Cl. The molecule has 0 rings (SSSR count). The average Bonchev–Trinajstić information content (AvgIpc) is 1.66. The van der Waals surface area contributed by atoms with Crippen molar-refractivity contribution in [3.8, 4) is 0 Å². The van der Waals surface area contributed by atoms with Gasteiger partial charge in [-0.1, -0.05) is 0 Å².